The molecule has 1 aromatic carbocycles. The van der Waals surface area contributed by atoms with Crippen LogP contribution in [0, 0.1) is 5.82 Å². The van der Waals surface area contributed by atoms with E-state index in [-0.39, 0.29) is 5.82 Å². The van der Waals surface area contributed by atoms with E-state index in [1.165, 1.54) is 17.8 Å². The molecule has 3 N–H and O–H groups in total. The molecule has 0 aliphatic heterocycles. The molecular formula is C10H10FN3S. The van der Waals surface area contributed by atoms with E-state index in [0.29, 0.717) is 16.6 Å². The van der Waals surface area contributed by atoms with Crippen LogP contribution in [0.2, 0.25) is 0 Å². The molecule has 0 saturated heterocycles. The van der Waals surface area contributed by atoms with Gasteiger partial charge in [-0.15, -0.1) is 0 Å². The normalized spacial score (nSPS) is 10.5. The van der Waals surface area contributed by atoms with Gasteiger partial charge in [0.25, 0.3) is 0 Å². The highest BCUT2D eigenvalue weighted by Crippen LogP contribution is 2.30. The molecule has 0 radical (unpaired) electrons. The zero-order valence-electron chi connectivity index (χ0n) is 7.90. The topological polar surface area (TPSA) is 54.7 Å². The first kappa shape index (κ1) is 10.2. The Morgan fingerprint density at radius 3 is 3.00 bits per heavy atom. The average molecular weight is 223 g/mol. The van der Waals surface area contributed by atoms with Crippen LogP contribution in [0.15, 0.2) is 40.6 Å². The lowest BCUT2D eigenvalue weighted by Gasteiger charge is -2.06. The summed E-state index contributed by atoms with van der Waals surface area (Å²) in [6, 6.07) is 4.89. The van der Waals surface area contributed by atoms with Crippen molar-refractivity contribution < 1.29 is 4.39 Å². The van der Waals surface area contributed by atoms with Gasteiger partial charge in [-0.1, -0.05) is 12.1 Å². The highest BCUT2D eigenvalue weighted by molar-refractivity contribution is 7.99. The second-order valence-electron chi connectivity index (χ2n) is 2.93. The maximum absolute atomic E-state index is 13.5. The molecule has 78 valence electrons. The van der Waals surface area contributed by atoms with Crippen LogP contribution in [0.5, 0.6) is 0 Å². The Hall–Kier alpha value is -1.33. The average Bonchev–Trinajstić information content (AvgIpc) is 2.74. The summed E-state index contributed by atoms with van der Waals surface area (Å²) < 4.78 is 13.5. The number of rotatable bonds is 3. The van der Waals surface area contributed by atoms with E-state index in [9.17, 15) is 4.39 Å². The van der Waals surface area contributed by atoms with Gasteiger partial charge in [-0.05, 0) is 23.4 Å². The van der Waals surface area contributed by atoms with Crippen molar-refractivity contribution in [3.63, 3.8) is 0 Å². The maximum Gasteiger partial charge on any atom is 0.170 e. The van der Waals surface area contributed by atoms with E-state index in [2.05, 4.69) is 9.97 Å². The van der Waals surface area contributed by atoms with E-state index >= 15 is 0 Å². The lowest BCUT2D eigenvalue weighted by molar-refractivity contribution is 0.597. The Morgan fingerprint density at radius 1 is 1.47 bits per heavy atom. The predicted octanol–water partition coefficient (Wildman–Crippen LogP) is 2.16. The molecule has 0 bridgehead atoms. The first-order chi connectivity index (χ1) is 7.31. The second kappa shape index (κ2) is 4.46. The number of halogens is 1. The van der Waals surface area contributed by atoms with Gasteiger partial charge in [-0.25, -0.2) is 9.37 Å². The molecule has 0 amide bonds. The van der Waals surface area contributed by atoms with Gasteiger partial charge in [0.2, 0.25) is 0 Å². The molecule has 1 heterocycles. The number of benzene rings is 1. The van der Waals surface area contributed by atoms with Crippen LogP contribution in [0.4, 0.5) is 4.39 Å². The fourth-order valence-corrected chi connectivity index (χ4v) is 2.11. The van der Waals surface area contributed by atoms with Crippen LogP contribution in [0.25, 0.3) is 0 Å². The highest BCUT2D eigenvalue weighted by atomic mass is 32.2. The summed E-state index contributed by atoms with van der Waals surface area (Å²) >= 11 is 1.25. The summed E-state index contributed by atoms with van der Waals surface area (Å²) in [5.41, 5.74) is 6.33. The summed E-state index contributed by atoms with van der Waals surface area (Å²) in [6.45, 7) is 0.320. The van der Waals surface area contributed by atoms with Gasteiger partial charge in [0.1, 0.15) is 5.82 Å². The lowest BCUT2D eigenvalue weighted by Crippen LogP contribution is -2.00. The number of nitrogens with two attached hydrogens (primary N) is 1. The number of aromatic amines is 1. The minimum absolute atomic E-state index is 0.264. The number of nitrogens with one attached hydrogen (secondary N) is 1. The van der Waals surface area contributed by atoms with Crippen molar-refractivity contribution in [3.05, 3.63) is 42.0 Å². The van der Waals surface area contributed by atoms with Crippen molar-refractivity contribution in [3.8, 4) is 0 Å². The molecule has 5 heteroatoms. The minimum atomic E-state index is -0.264. The Balaban J connectivity index is 2.34. The molecule has 2 rings (SSSR count). The lowest BCUT2D eigenvalue weighted by atomic mass is 10.2. The van der Waals surface area contributed by atoms with Crippen molar-refractivity contribution >= 4 is 11.8 Å². The van der Waals surface area contributed by atoms with Crippen molar-refractivity contribution in [2.24, 2.45) is 5.73 Å². The minimum Gasteiger partial charge on any atom is -0.339 e. The molecule has 0 saturated carbocycles. The molecule has 15 heavy (non-hydrogen) atoms. The van der Waals surface area contributed by atoms with Crippen LogP contribution < -0.4 is 5.73 Å². The molecule has 0 aliphatic carbocycles. The number of imidazole rings is 1. The quantitative estimate of drug-likeness (QED) is 0.838. The third kappa shape index (κ3) is 2.19. The highest BCUT2D eigenvalue weighted by Gasteiger charge is 2.09. The summed E-state index contributed by atoms with van der Waals surface area (Å²) in [5.74, 6) is -0.264. The van der Waals surface area contributed by atoms with Gasteiger partial charge in [-0.2, -0.15) is 0 Å². The van der Waals surface area contributed by atoms with Crippen LogP contribution in [-0.2, 0) is 6.54 Å². The summed E-state index contributed by atoms with van der Waals surface area (Å²) in [7, 11) is 0. The maximum atomic E-state index is 13.5. The molecule has 2 aromatic rings. The van der Waals surface area contributed by atoms with E-state index in [4.69, 9.17) is 5.73 Å². The van der Waals surface area contributed by atoms with Crippen LogP contribution in [-0.4, -0.2) is 9.97 Å². The Bertz CT molecular complexity index is 442. The van der Waals surface area contributed by atoms with Gasteiger partial charge in [0.05, 0.1) is 4.90 Å². The number of hydrogen-bond donors (Lipinski definition) is 2. The van der Waals surface area contributed by atoms with Crippen molar-refractivity contribution in [2.75, 3.05) is 0 Å². The smallest absolute Gasteiger partial charge is 0.170 e. The number of H-pyrrole nitrogens is 1. The predicted molar refractivity (Wildman–Crippen MR) is 57.0 cm³/mol. The SMILES string of the molecule is NCc1cccc(F)c1Sc1ncc[nH]1. The summed E-state index contributed by atoms with van der Waals surface area (Å²) in [5, 5.41) is 0.662. The zero-order chi connectivity index (χ0) is 10.7. The molecular weight excluding hydrogens is 213 g/mol. The van der Waals surface area contributed by atoms with E-state index in [1.54, 1.807) is 18.5 Å². The molecule has 0 unspecified atom stereocenters. The van der Waals surface area contributed by atoms with E-state index in [1.807, 2.05) is 6.07 Å². The van der Waals surface area contributed by atoms with Crippen LogP contribution in [0.1, 0.15) is 5.56 Å². The fourth-order valence-electron chi connectivity index (χ4n) is 1.23. The molecule has 0 aliphatic rings. The number of aromatic nitrogens is 2. The number of hydrogen-bond acceptors (Lipinski definition) is 3. The van der Waals surface area contributed by atoms with Gasteiger partial charge in [0, 0.05) is 18.9 Å². The van der Waals surface area contributed by atoms with Crippen molar-refractivity contribution in [1.29, 1.82) is 0 Å². The Morgan fingerprint density at radius 2 is 2.33 bits per heavy atom. The summed E-state index contributed by atoms with van der Waals surface area (Å²) in [6.07, 6.45) is 3.33. The van der Waals surface area contributed by atoms with Crippen LogP contribution in [0.3, 0.4) is 0 Å². The second-order valence-corrected chi connectivity index (χ2v) is 3.93. The molecule has 1 aromatic heterocycles. The third-order valence-corrected chi connectivity index (χ3v) is 3.02. The van der Waals surface area contributed by atoms with Gasteiger partial charge >= 0.3 is 0 Å². The molecule has 0 fully saturated rings. The zero-order valence-corrected chi connectivity index (χ0v) is 8.72. The summed E-state index contributed by atoms with van der Waals surface area (Å²) in [4.78, 5) is 7.47. The largest absolute Gasteiger partial charge is 0.339 e. The van der Waals surface area contributed by atoms with Gasteiger partial charge < -0.3 is 10.7 Å². The Kier molecular flexibility index (Phi) is 3.03. The standard InChI is InChI=1S/C10H10FN3S/c11-8-3-1-2-7(6-12)9(8)15-10-13-4-5-14-10/h1-5H,6,12H2,(H,13,14). The molecule has 3 nitrogen and oxygen atoms in total. The Labute approximate surface area is 90.9 Å². The third-order valence-electron chi connectivity index (χ3n) is 1.94. The van der Waals surface area contributed by atoms with E-state index < -0.39 is 0 Å². The first-order valence-corrected chi connectivity index (χ1v) is 5.27. The molecule has 0 atom stereocenters. The van der Waals surface area contributed by atoms with E-state index in [0.717, 1.165) is 5.56 Å². The van der Waals surface area contributed by atoms with Gasteiger partial charge in [-0.3, -0.25) is 0 Å². The van der Waals surface area contributed by atoms with Crippen molar-refractivity contribution in [2.45, 2.75) is 16.6 Å². The number of nitrogens with zero attached hydrogens (tertiary/aromatic N) is 1. The fraction of sp³-hybridized carbons (Fsp3) is 0.100. The first-order valence-electron chi connectivity index (χ1n) is 4.46. The van der Waals surface area contributed by atoms with Crippen molar-refractivity contribution in [1.82, 2.24) is 9.97 Å². The van der Waals surface area contributed by atoms with Gasteiger partial charge in [0.15, 0.2) is 5.16 Å². The molecule has 0 spiro atoms. The monoisotopic (exact) mass is 223 g/mol. The van der Waals surface area contributed by atoms with Crippen LogP contribution >= 0.6 is 11.8 Å².